The van der Waals surface area contributed by atoms with Gasteiger partial charge in [0.15, 0.2) is 5.11 Å². The Morgan fingerprint density at radius 1 is 1.30 bits per heavy atom. The molecule has 3 atom stereocenters. The largest absolute Gasteiger partial charge is 0.376 e. The molecule has 2 fully saturated rings. The van der Waals surface area contributed by atoms with Gasteiger partial charge in [-0.1, -0.05) is 19.4 Å². The van der Waals surface area contributed by atoms with Crippen LogP contribution in [0.5, 0.6) is 0 Å². The number of pyridine rings is 1. The average Bonchev–Trinajstić information content (AvgIpc) is 3.42. The number of nitrogens with one attached hydrogen (secondary N) is 1. The average molecular weight is 385 g/mol. The van der Waals surface area contributed by atoms with Crippen LogP contribution in [-0.4, -0.2) is 38.8 Å². The normalized spacial score (nSPS) is 25.1. The summed E-state index contributed by atoms with van der Waals surface area (Å²) in [7, 11) is 0. The SMILES string of the molecule is CCCCN1C(=S)N[C@@H](c2ccccn2)[C@@H]1c1cccn1C[C@@H]1CCCO1. The van der Waals surface area contributed by atoms with Gasteiger partial charge in [0, 0.05) is 37.8 Å². The quantitative estimate of drug-likeness (QED) is 0.735. The van der Waals surface area contributed by atoms with E-state index in [1.165, 1.54) is 5.69 Å². The van der Waals surface area contributed by atoms with Crippen molar-refractivity contribution in [2.45, 2.75) is 57.3 Å². The molecule has 2 aliphatic rings. The Bertz CT molecular complexity index is 757. The summed E-state index contributed by atoms with van der Waals surface area (Å²) < 4.78 is 8.23. The Morgan fingerprint density at radius 3 is 2.96 bits per heavy atom. The lowest BCUT2D eigenvalue weighted by atomic mass is 10.0. The minimum atomic E-state index is 0.0636. The van der Waals surface area contributed by atoms with Gasteiger partial charge in [-0.05, 0) is 55.7 Å². The highest BCUT2D eigenvalue weighted by Crippen LogP contribution is 2.39. The van der Waals surface area contributed by atoms with Crippen molar-refractivity contribution in [1.29, 1.82) is 0 Å². The van der Waals surface area contributed by atoms with Crippen molar-refractivity contribution in [3.8, 4) is 0 Å². The lowest BCUT2D eigenvalue weighted by molar-refractivity contribution is 0.0953. The second-order valence-electron chi connectivity index (χ2n) is 7.39. The van der Waals surface area contributed by atoms with Gasteiger partial charge < -0.3 is 19.5 Å². The van der Waals surface area contributed by atoms with Crippen LogP contribution in [0.3, 0.4) is 0 Å². The highest BCUT2D eigenvalue weighted by Gasteiger charge is 2.40. The molecular weight excluding hydrogens is 356 g/mol. The minimum Gasteiger partial charge on any atom is -0.376 e. The van der Waals surface area contributed by atoms with Crippen LogP contribution < -0.4 is 5.32 Å². The molecule has 2 aromatic rings. The Balaban J connectivity index is 1.66. The zero-order valence-corrected chi connectivity index (χ0v) is 16.7. The van der Waals surface area contributed by atoms with Gasteiger partial charge in [-0.2, -0.15) is 0 Å². The van der Waals surface area contributed by atoms with Crippen LogP contribution in [0.4, 0.5) is 0 Å². The molecule has 2 aliphatic heterocycles. The van der Waals surface area contributed by atoms with Gasteiger partial charge in [0.25, 0.3) is 0 Å². The second-order valence-corrected chi connectivity index (χ2v) is 7.78. The van der Waals surface area contributed by atoms with Crippen LogP contribution >= 0.6 is 12.2 Å². The molecule has 6 heteroatoms. The maximum absolute atomic E-state index is 5.88. The Kier molecular flexibility index (Phi) is 5.74. The van der Waals surface area contributed by atoms with E-state index >= 15 is 0 Å². The van der Waals surface area contributed by atoms with Crippen molar-refractivity contribution in [2.24, 2.45) is 0 Å². The van der Waals surface area contributed by atoms with Crippen molar-refractivity contribution >= 4 is 17.3 Å². The number of aromatic nitrogens is 2. The van der Waals surface area contributed by atoms with Crippen molar-refractivity contribution < 1.29 is 4.74 Å². The predicted molar refractivity (Wildman–Crippen MR) is 110 cm³/mol. The van der Waals surface area contributed by atoms with E-state index in [-0.39, 0.29) is 12.1 Å². The van der Waals surface area contributed by atoms with Crippen molar-refractivity contribution in [1.82, 2.24) is 19.8 Å². The molecule has 4 heterocycles. The molecule has 27 heavy (non-hydrogen) atoms. The summed E-state index contributed by atoms with van der Waals surface area (Å²) in [5.41, 5.74) is 2.32. The number of hydrogen-bond donors (Lipinski definition) is 1. The predicted octanol–water partition coefficient (Wildman–Crippen LogP) is 3.83. The fraction of sp³-hybridized carbons (Fsp3) is 0.524. The first kappa shape index (κ1) is 18.4. The molecule has 2 aromatic heterocycles. The maximum Gasteiger partial charge on any atom is 0.170 e. The van der Waals surface area contributed by atoms with E-state index in [0.717, 1.165) is 56.2 Å². The lowest BCUT2D eigenvalue weighted by Gasteiger charge is -2.29. The van der Waals surface area contributed by atoms with Crippen LogP contribution in [0, 0.1) is 0 Å². The van der Waals surface area contributed by atoms with Gasteiger partial charge in [0.1, 0.15) is 0 Å². The monoisotopic (exact) mass is 384 g/mol. The highest BCUT2D eigenvalue weighted by atomic mass is 32.1. The van der Waals surface area contributed by atoms with Crippen LogP contribution in [0.25, 0.3) is 0 Å². The molecule has 1 N–H and O–H groups in total. The van der Waals surface area contributed by atoms with Crippen molar-refractivity contribution in [3.05, 3.63) is 54.1 Å². The molecule has 0 unspecified atom stereocenters. The number of ether oxygens (including phenoxy) is 1. The molecule has 0 saturated carbocycles. The summed E-state index contributed by atoms with van der Waals surface area (Å²) in [6.07, 6.45) is 8.92. The molecule has 0 radical (unpaired) electrons. The van der Waals surface area contributed by atoms with Gasteiger partial charge >= 0.3 is 0 Å². The zero-order chi connectivity index (χ0) is 18.6. The fourth-order valence-corrected chi connectivity index (χ4v) is 4.50. The van der Waals surface area contributed by atoms with Crippen LogP contribution in [0.2, 0.25) is 0 Å². The summed E-state index contributed by atoms with van der Waals surface area (Å²) in [6.45, 7) is 4.97. The van der Waals surface area contributed by atoms with Gasteiger partial charge in [-0.25, -0.2) is 0 Å². The number of hydrogen-bond acceptors (Lipinski definition) is 3. The molecule has 0 bridgehead atoms. The smallest absolute Gasteiger partial charge is 0.170 e. The molecule has 0 aromatic carbocycles. The second kappa shape index (κ2) is 8.40. The van der Waals surface area contributed by atoms with E-state index in [0.29, 0.717) is 6.10 Å². The molecule has 5 nitrogen and oxygen atoms in total. The first-order valence-electron chi connectivity index (χ1n) is 10.0. The third-order valence-electron chi connectivity index (χ3n) is 5.54. The fourth-order valence-electron chi connectivity index (χ4n) is 4.17. The van der Waals surface area contributed by atoms with E-state index < -0.39 is 0 Å². The lowest BCUT2D eigenvalue weighted by Crippen LogP contribution is -2.32. The topological polar surface area (TPSA) is 42.3 Å². The van der Waals surface area contributed by atoms with Crippen LogP contribution in [0.15, 0.2) is 42.7 Å². The molecule has 0 aliphatic carbocycles. The molecule has 144 valence electrons. The van der Waals surface area contributed by atoms with Gasteiger partial charge in [0.05, 0.1) is 23.9 Å². The third kappa shape index (κ3) is 3.87. The summed E-state index contributed by atoms with van der Waals surface area (Å²) in [6, 6.07) is 10.7. The number of unbranched alkanes of at least 4 members (excludes halogenated alkanes) is 1. The zero-order valence-electron chi connectivity index (χ0n) is 15.9. The van der Waals surface area contributed by atoms with E-state index in [9.17, 15) is 0 Å². The summed E-state index contributed by atoms with van der Waals surface area (Å²) in [4.78, 5) is 6.97. The summed E-state index contributed by atoms with van der Waals surface area (Å²) in [5, 5.41) is 4.37. The third-order valence-corrected chi connectivity index (χ3v) is 5.89. The van der Waals surface area contributed by atoms with Gasteiger partial charge in [-0.15, -0.1) is 0 Å². The first-order valence-corrected chi connectivity index (χ1v) is 10.4. The van der Waals surface area contributed by atoms with Crippen molar-refractivity contribution in [2.75, 3.05) is 13.2 Å². The van der Waals surface area contributed by atoms with Crippen molar-refractivity contribution in [3.63, 3.8) is 0 Å². The maximum atomic E-state index is 5.88. The van der Waals surface area contributed by atoms with E-state index in [1.807, 2.05) is 18.3 Å². The highest BCUT2D eigenvalue weighted by molar-refractivity contribution is 7.80. The van der Waals surface area contributed by atoms with Crippen LogP contribution in [0.1, 0.15) is 56.1 Å². The molecule has 2 saturated heterocycles. The van der Waals surface area contributed by atoms with Gasteiger partial charge in [-0.3, -0.25) is 4.98 Å². The Labute approximate surface area is 166 Å². The minimum absolute atomic E-state index is 0.0636. The molecule has 4 rings (SSSR count). The van der Waals surface area contributed by atoms with E-state index in [4.69, 9.17) is 17.0 Å². The standard InChI is InChI=1S/C21H28N4OS/c1-2-3-13-25-20(19(23-21(25)27)17-9-4-5-11-22-17)18-10-6-12-24(18)15-16-8-7-14-26-16/h4-6,9-12,16,19-20H,2-3,7-8,13-15H2,1H3,(H,23,27)/t16-,19-,20-/m0/s1. The van der Waals surface area contributed by atoms with Gasteiger partial charge in [0.2, 0.25) is 0 Å². The van der Waals surface area contributed by atoms with E-state index in [1.54, 1.807) is 0 Å². The number of rotatable bonds is 7. The summed E-state index contributed by atoms with van der Waals surface area (Å²) >= 11 is 5.72. The Morgan fingerprint density at radius 2 is 2.22 bits per heavy atom. The first-order chi connectivity index (χ1) is 13.3. The van der Waals surface area contributed by atoms with Crippen LogP contribution in [-0.2, 0) is 11.3 Å². The van der Waals surface area contributed by atoms with E-state index in [2.05, 4.69) is 51.1 Å². The number of nitrogens with zero attached hydrogens (tertiary/aromatic N) is 3. The molecule has 0 amide bonds. The molecule has 0 spiro atoms. The number of thiocarbonyl (C=S) groups is 1. The Hall–Kier alpha value is -1.92. The molecular formula is C21H28N4OS. The summed E-state index contributed by atoms with van der Waals surface area (Å²) in [5.74, 6) is 0.